The molecule has 1 aromatic heterocycles. The summed E-state index contributed by atoms with van der Waals surface area (Å²) in [6.45, 7) is 1.73. The highest BCUT2D eigenvalue weighted by Gasteiger charge is 2.46. The highest BCUT2D eigenvalue weighted by Crippen LogP contribution is 2.41. The Labute approximate surface area is 184 Å². The SMILES string of the molecule is COc1cccc(C2C(=C(O)c3ccc(C)c(F)c3)C(=O)C(=O)N2Cc2ccncc2)c1. The Kier molecular flexibility index (Phi) is 5.73. The third kappa shape index (κ3) is 3.85. The number of aromatic nitrogens is 1. The second-order valence-electron chi connectivity index (χ2n) is 7.52. The summed E-state index contributed by atoms with van der Waals surface area (Å²) in [5.74, 6) is -1.97. The zero-order chi connectivity index (χ0) is 22.8. The van der Waals surface area contributed by atoms with Crippen LogP contribution < -0.4 is 4.74 Å². The summed E-state index contributed by atoms with van der Waals surface area (Å²) in [4.78, 5) is 31.5. The molecule has 7 heteroatoms. The molecule has 162 valence electrons. The van der Waals surface area contributed by atoms with E-state index in [1.165, 1.54) is 24.1 Å². The Bertz CT molecular complexity index is 1220. The Morgan fingerprint density at radius 3 is 2.56 bits per heavy atom. The Morgan fingerprint density at radius 1 is 1.12 bits per heavy atom. The smallest absolute Gasteiger partial charge is 0.295 e. The standard InChI is InChI=1S/C25H21FN2O4/c1-15-6-7-18(13-20(15)26)23(29)21-22(17-4-3-5-19(12-17)32-2)28(25(31)24(21)30)14-16-8-10-27-11-9-16/h3-13,22,29H,14H2,1-2H3. The molecule has 1 amide bonds. The van der Waals surface area contributed by atoms with Crippen molar-refractivity contribution in [2.24, 2.45) is 0 Å². The summed E-state index contributed by atoms with van der Waals surface area (Å²) < 4.78 is 19.5. The number of methoxy groups -OCH3 is 1. The molecule has 2 aromatic carbocycles. The minimum absolute atomic E-state index is 0.0967. The molecule has 1 fully saturated rings. The van der Waals surface area contributed by atoms with Crippen LogP contribution in [0, 0.1) is 12.7 Å². The Morgan fingerprint density at radius 2 is 1.88 bits per heavy atom. The van der Waals surface area contributed by atoms with E-state index >= 15 is 0 Å². The van der Waals surface area contributed by atoms with Crippen LogP contribution in [0.4, 0.5) is 4.39 Å². The van der Waals surface area contributed by atoms with Crippen molar-refractivity contribution in [3.05, 3.63) is 101 Å². The van der Waals surface area contributed by atoms with E-state index in [1.54, 1.807) is 55.7 Å². The number of hydrogen-bond acceptors (Lipinski definition) is 5. The van der Waals surface area contributed by atoms with E-state index in [0.717, 1.165) is 11.6 Å². The van der Waals surface area contributed by atoms with Gasteiger partial charge >= 0.3 is 0 Å². The van der Waals surface area contributed by atoms with Gasteiger partial charge in [0.2, 0.25) is 0 Å². The number of ketones is 1. The number of pyridine rings is 1. The number of nitrogens with zero attached hydrogens (tertiary/aromatic N) is 2. The lowest BCUT2D eigenvalue weighted by atomic mass is 9.94. The van der Waals surface area contributed by atoms with Gasteiger partial charge in [-0.25, -0.2) is 4.39 Å². The van der Waals surface area contributed by atoms with Crippen molar-refractivity contribution in [2.45, 2.75) is 19.5 Å². The molecule has 6 nitrogen and oxygen atoms in total. The van der Waals surface area contributed by atoms with E-state index in [4.69, 9.17) is 4.74 Å². The molecule has 32 heavy (non-hydrogen) atoms. The van der Waals surface area contributed by atoms with Gasteiger partial charge in [-0.2, -0.15) is 0 Å². The number of rotatable bonds is 5. The molecular weight excluding hydrogens is 411 g/mol. The fraction of sp³-hybridized carbons (Fsp3) is 0.160. The van der Waals surface area contributed by atoms with Crippen LogP contribution in [0.15, 0.2) is 72.6 Å². The summed E-state index contributed by atoms with van der Waals surface area (Å²) in [6.07, 6.45) is 3.20. The third-order valence-corrected chi connectivity index (χ3v) is 5.50. The lowest BCUT2D eigenvalue weighted by Crippen LogP contribution is -2.29. The quantitative estimate of drug-likeness (QED) is 0.372. The predicted octanol–water partition coefficient (Wildman–Crippen LogP) is 4.16. The summed E-state index contributed by atoms with van der Waals surface area (Å²) in [5.41, 5.74) is 1.80. The number of carbonyl (C=O) groups excluding carboxylic acids is 2. The van der Waals surface area contributed by atoms with Crippen LogP contribution in [0.3, 0.4) is 0 Å². The van der Waals surface area contributed by atoms with Crippen molar-refractivity contribution < 1.29 is 23.8 Å². The number of Topliss-reactive ketones (excluding diaryl/α,β-unsaturated/α-hetero) is 1. The van der Waals surface area contributed by atoms with Gasteiger partial charge in [0.15, 0.2) is 0 Å². The fourth-order valence-corrected chi connectivity index (χ4v) is 3.78. The molecule has 0 aliphatic carbocycles. The molecule has 2 heterocycles. The van der Waals surface area contributed by atoms with Crippen molar-refractivity contribution in [3.8, 4) is 5.75 Å². The molecule has 0 radical (unpaired) electrons. The van der Waals surface area contributed by atoms with Gasteiger partial charge in [-0.05, 0) is 53.9 Å². The Hall–Kier alpha value is -4.00. The molecule has 0 spiro atoms. The normalized spacial score (nSPS) is 17.6. The maximum Gasteiger partial charge on any atom is 0.295 e. The number of benzene rings is 2. The highest BCUT2D eigenvalue weighted by atomic mass is 19.1. The van der Waals surface area contributed by atoms with Gasteiger partial charge in [0.05, 0.1) is 18.7 Å². The lowest BCUT2D eigenvalue weighted by molar-refractivity contribution is -0.140. The summed E-state index contributed by atoms with van der Waals surface area (Å²) in [6, 6.07) is 13.8. The topological polar surface area (TPSA) is 79.7 Å². The molecule has 1 unspecified atom stereocenters. The maximum absolute atomic E-state index is 14.2. The number of amides is 1. The van der Waals surface area contributed by atoms with E-state index in [9.17, 15) is 19.1 Å². The minimum atomic E-state index is -0.873. The second-order valence-corrected chi connectivity index (χ2v) is 7.52. The van der Waals surface area contributed by atoms with Crippen LogP contribution in [0.1, 0.15) is 28.3 Å². The molecular formula is C25H21FN2O4. The molecule has 1 N–H and O–H groups in total. The van der Waals surface area contributed by atoms with Crippen LogP contribution >= 0.6 is 0 Å². The van der Waals surface area contributed by atoms with E-state index in [2.05, 4.69) is 4.98 Å². The van der Waals surface area contributed by atoms with Crippen LogP contribution in [0.5, 0.6) is 5.75 Å². The minimum Gasteiger partial charge on any atom is -0.507 e. The summed E-state index contributed by atoms with van der Waals surface area (Å²) in [5, 5.41) is 11.0. The predicted molar refractivity (Wildman–Crippen MR) is 116 cm³/mol. The molecule has 1 atom stereocenters. The number of aliphatic hydroxyl groups excluding tert-OH is 1. The van der Waals surface area contributed by atoms with Gasteiger partial charge in [0.25, 0.3) is 11.7 Å². The van der Waals surface area contributed by atoms with E-state index in [-0.39, 0.29) is 17.7 Å². The van der Waals surface area contributed by atoms with Crippen molar-refractivity contribution >= 4 is 17.4 Å². The average molecular weight is 432 g/mol. The largest absolute Gasteiger partial charge is 0.507 e. The second kappa shape index (κ2) is 8.63. The molecule has 4 rings (SSSR count). The van der Waals surface area contributed by atoms with Crippen molar-refractivity contribution in [2.75, 3.05) is 7.11 Å². The highest BCUT2D eigenvalue weighted by molar-refractivity contribution is 6.46. The van der Waals surface area contributed by atoms with Gasteiger partial charge in [-0.15, -0.1) is 0 Å². The monoisotopic (exact) mass is 432 g/mol. The Balaban J connectivity index is 1.89. The molecule has 0 saturated carbocycles. The zero-order valence-corrected chi connectivity index (χ0v) is 17.6. The third-order valence-electron chi connectivity index (χ3n) is 5.50. The van der Waals surface area contributed by atoms with Crippen LogP contribution in [-0.4, -0.2) is 33.8 Å². The molecule has 0 bridgehead atoms. The number of aliphatic hydroxyl groups is 1. The number of halogens is 1. The van der Waals surface area contributed by atoms with Crippen LogP contribution in [0.2, 0.25) is 0 Å². The molecule has 3 aromatic rings. The van der Waals surface area contributed by atoms with E-state index in [1.807, 2.05) is 0 Å². The van der Waals surface area contributed by atoms with Crippen LogP contribution in [-0.2, 0) is 16.1 Å². The van der Waals surface area contributed by atoms with Gasteiger partial charge < -0.3 is 14.7 Å². The van der Waals surface area contributed by atoms with Gasteiger partial charge in [-0.3, -0.25) is 14.6 Å². The molecule has 1 aliphatic rings. The average Bonchev–Trinajstić information content (AvgIpc) is 3.06. The number of hydrogen-bond donors (Lipinski definition) is 1. The summed E-state index contributed by atoms with van der Waals surface area (Å²) >= 11 is 0. The van der Waals surface area contributed by atoms with Gasteiger partial charge in [0, 0.05) is 24.5 Å². The van der Waals surface area contributed by atoms with Crippen LogP contribution in [0.25, 0.3) is 5.76 Å². The van der Waals surface area contributed by atoms with Crippen molar-refractivity contribution in [3.63, 3.8) is 0 Å². The zero-order valence-electron chi connectivity index (χ0n) is 17.6. The first kappa shape index (κ1) is 21.2. The first-order chi connectivity index (χ1) is 15.4. The summed E-state index contributed by atoms with van der Waals surface area (Å²) in [7, 11) is 1.52. The van der Waals surface area contributed by atoms with Crippen molar-refractivity contribution in [1.82, 2.24) is 9.88 Å². The first-order valence-corrected chi connectivity index (χ1v) is 9.98. The number of likely N-dealkylation sites (tertiary alicyclic amines) is 1. The number of aryl methyl sites for hydroxylation is 1. The van der Waals surface area contributed by atoms with Gasteiger partial charge in [-0.1, -0.05) is 24.3 Å². The van der Waals surface area contributed by atoms with Crippen molar-refractivity contribution in [1.29, 1.82) is 0 Å². The molecule has 1 aliphatic heterocycles. The van der Waals surface area contributed by atoms with E-state index < -0.39 is 29.3 Å². The lowest BCUT2D eigenvalue weighted by Gasteiger charge is -2.25. The molecule has 1 saturated heterocycles. The number of ether oxygens (including phenoxy) is 1. The van der Waals surface area contributed by atoms with E-state index in [0.29, 0.717) is 16.9 Å². The first-order valence-electron chi connectivity index (χ1n) is 9.98. The maximum atomic E-state index is 14.2. The van der Waals surface area contributed by atoms with Gasteiger partial charge in [0.1, 0.15) is 17.3 Å². The fourth-order valence-electron chi connectivity index (χ4n) is 3.78. The number of carbonyl (C=O) groups is 2.